The normalized spacial score (nSPS) is 18.7. The Bertz CT molecular complexity index is 411. The third kappa shape index (κ3) is 1.97. The molecule has 0 bridgehead atoms. The molecule has 2 nitrogen and oxygen atoms in total. The van der Waals surface area contributed by atoms with Gasteiger partial charge in [0.15, 0.2) is 0 Å². The van der Waals surface area contributed by atoms with Gasteiger partial charge in [-0.15, -0.1) is 0 Å². The number of nitrogens with zero attached hydrogens (tertiary/aromatic N) is 1. The number of rotatable bonds is 3. The molecule has 1 aliphatic heterocycles. The minimum atomic E-state index is 0.231. The van der Waals surface area contributed by atoms with Gasteiger partial charge in [0.05, 0.1) is 0 Å². The molecule has 1 atom stereocenters. The molecule has 0 spiro atoms. The van der Waals surface area contributed by atoms with E-state index in [1.807, 2.05) is 0 Å². The second kappa shape index (κ2) is 4.28. The van der Waals surface area contributed by atoms with Crippen LogP contribution in [0.5, 0.6) is 0 Å². The topological polar surface area (TPSA) is 20.3 Å². The van der Waals surface area contributed by atoms with Gasteiger partial charge in [0.1, 0.15) is 5.78 Å². The first-order chi connectivity index (χ1) is 7.61. The second-order valence-corrected chi connectivity index (χ2v) is 4.68. The fourth-order valence-electron chi connectivity index (χ4n) is 2.59. The van der Waals surface area contributed by atoms with Crippen LogP contribution in [-0.4, -0.2) is 18.4 Å². The van der Waals surface area contributed by atoms with Crippen molar-refractivity contribution in [2.45, 2.75) is 39.7 Å². The first kappa shape index (κ1) is 11.2. The Hall–Kier alpha value is -1.31. The highest BCUT2D eigenvalue weighted by Crippen LogP contribution is 2.32. The van der Waals surface area contributed by atoms with E-state index in [1.54, 1.807) is 6.92 Å². The van der Waals surface area contributed by atoms with Crippen LogP contribution < -0.4 is 4.90 Å². The quantitative estimate of drug-likeness (QED) is 0.775. The zero-order valence-corrected chi connectivity index (χ0v) is 10.3. The van der Waals surface area contributed by atoms with E-state index in [2.05, 4.69) is 36.9 Å². The van der Waals surface area contributed by atoms with E-state index < -0.39 is 0 Å². The number of benzene rings is 1. The van der Waals surface area contributed by atoms with Crippen molar-refractivity contribution in [2.24, 2.45) is 0 Å². The Morgan fingerprint density at radius 3 is 2.88 bits per heavy atom. The highest BCUT2D eigenvalue weighted by molar-refractivity contribution is 5.78. The van der Waals surface area contributed by atoms with E-state index in [0.29, 0.717) is 12.5 Å². The maximum atomic E-state index is 11.1. The Labute approximate surface area is 97.3 Å². The lowest BCUT2D eigenvalue weighted by molar-refractivity contribution is -0.116. The minimum absolute atomic E-state index is 0.231. The SMILES string of the molecule is CCN1c2cc(CC(C)=O)ccc2CC1C. The molecule has 0 aromatic heterocycles. The van der Waals surface area contributed by atoms with Crippen molar-refractivity contribution >= 4 is 11.5 Å². The van der Waals surface area contributed by atoms with Gasteiger partial charge >= 0.3 is 0 Å². The van der Waals surface area contributed by atoms with Crippen LogP contribution in [0.3, 0.4) is 0 Å². The molecule has 0 radical (unpaired) electrons. The minimum Gasteiger partial charge on any atom is -0.369 e. The number of carbonyl (C=O) groups is 1. The lowest BCUT2D eigenvalue weighted by atomic mass is 10.0. The molecule has 0 aliphatic carbocycles. The van der Waals surface area contributed by atoms with Gasteiger partial charge in [0.25, 0.3) is 0 Å². The van der Waals surface area contributed by atoms with Gasteiger partial charge in [0.2, 0.25) is 0 Å². The van der Waals surface area contributed by atoms with Crippen molar-refractivity contribution < 1.29 is 4.79 Å². The molecule has 0 amide bonds. The zero-order valence-electron chi connectivity index (χ0n) is 10.3. The summed E-state index contributed by atoms with van der Waals surface area (Å²) in [5, 5.41) is 0. The van der Waals surface area contributed by atoms with E-state index in [-0.39, 0.29) is 5.78 Å². The van der Waals surface area contributed by atoms with E-state index in [4.69, 9.17) is 0 Å². The zero-order chi connectivity index (χ0) is 11.7. The van der Waals surface area contributed by atoms with Gasteiger partial charge in [-0.05, 0) is 44.4 Å². The van der Waals surface area contributed by atoms with Gasteiger partial charge in [-0.25, -0.2) is 0 Å². The number of hydrogen-bond acceptors (Lipinski definition) is 2. The summed E-state index contributed by atoms with van der Waals surface area (Å²) in [6, 6.07) is 7.04. The highest BCUT2D eigenvalue weighted by atomic mass is 16.1. The predicted molar refractivity (Wildman–Crippen MR) is 67.0 cm³/mol. The first-order valence-corrected chi connectivity index (χ1v) is 5.99. The maximum absolute atomic E-state index is 11.1. The second-order valence-electron chi connectivity index (χ2n) is 4.68. The molecule has 0 fully saturated rings. The summed E-state index contributed by atoms with van der Waals surface area (Å²) in [5.74, 6) is 0.231. The van der Waals surface area contributed by atoms with Gasteiger partial charge < -0.3 is 4.90 Å². The maximum Gasteiger partial charge on any atom is 0.134 e. The van der Waals surface area contributed by atoms with Crippen LogP contribution in [0, 0.1) is 0 Å². The average Bonchev–Trinajstić information content (AvgIpc) is 2.52. The molecule has 1 unspecified atom stereocenters. The van der Waals surface area contributed by atoms with Crippen molar-refractivity contribution in [1.82, 2.24) is 0 Å². The van der Waals surface area contributed by atoms with E-state index in [0.717, 1.165) is 18.5 Å². The van der Waals surface area contributed by atoms with Crippen molar-refractivity contribution in [3.8, 4) is 0 Å². The van der Waals surface area contributed by atoms with Crippen LogP contribution in [-0.2, 0) is 17.6 Å². The van der Waals surface area contributed by atoms with Crippen molar-refractivity contribution in [3.63, 3.8) is 0 Å². The number of fused-ring (bicyclic) bond motifs is 1. The van der Waals surface area contributed by atoms with Gasteiger partial charge in [0, 0.05) is 24.7 Å². The summed E-state index contributed by atoms with van der Waals surface area (Å²) >= 11 is 0. The van der Waals surface area contributed by atoms with Gasteiger partial charge in [-0.2, -0.15) is 0 Å². The number of likely N-dealkylation sites (N-methyl/N-ethyl adjacent to an activating group) is 1. The Kier molecular flexibility index (Phi) is 2.99. The fourth-order valence-corrected chi connectivity index (χ4v) is 2.59. The molecule has 0 saturated carbocycles. The van der Waals surface area contributed by atoms with Crippen molar-refractivity contribution in [1.29, 1.82) is 0 Å². The van der Waals surface area contributed by atoms with Crippen LogP contribution in [0.4, 0.5) is 5.69 Å². The van der Waals surface area contributed by atoms with Crippen LogP contribution in [0.25, 0.3) is 0 Å². The summed E-state index contributed by atoms with van der Waals surface area (Å²) < 4.78 is 0. The standard InChI is InChI=1S/C14H19NO/c1-4-15-10(2)7-13-6-5-12(8-11(3)16)9-14(13)15/h5-6,9-10H,4,7-8H2,1-3H3. The largest absolute Gasteiger partial charge is 0.369 e. The fraction of sp³-hybridized carbons (Fsp3) is 0.500. The lowest BCUT2D eigenvalue weighted by Crippen LogP contribution is -2.28. The number of anilines is 1. The summed E-state index contributed by atoms with van der Waals surface area (Å²) in [6.07, 6.45) is 1.68. The Balaban J connectivity index is 2.31. The molecule has 2 rings (SSSR count). The number of carbonyl (C=O) groups excluding carboxylic acids is 1. The summed E-state index contributed by atoms with van der Waals surface area (Å²) in [5.41, 5.74) is 3.88. The summed E-state index contributed by atoms with van der Waals surface area (Å²) in [7, 11) is 0. The van der Waals surface area contributed by atoms with Crippen LogP contribution >= 0.6 is 0 Å². The number of hydrogen-bond donors (Lipinski definition) is 0. The monoisotopic (exact) mass is 217 g/mol. The molecular weight excluding hydrogens is 198 g/mol. The van der Waals surface area contributed by atoms with E-state index in [9.17, 15) is 4.79 Å². The molecular formula is C14H19NO. The van der Waals surface area contributed by atoms with Crippen LogP contribution in [0.15, 0.2) is 18.2 Å². The third-order valence-corrected chi connectivity index (χ3v) is 3.30. The lowest BCUT2D eigenvalue weighted by Gasteiger charge is -2.23. The number of ketones is 1. The van der Waals surface area contributed by atoms with Crippen LogP contribution in [0.1, 0.15) is 31.9 Å². The van der Waals surface area contributed by atoms with Crippen LogP contribution in [0.2, 0.25) is 0 Å². The molecule has 0 N–H and O–H groups in total. The van der Waals surface area contributed by atoms with Gasteiger partial charge in [-0.3, -0.25) is 4.79 Å². The smallest absolute Gasteiger partial charge is 0.134 e. The third-order valence-electron chi connectivity index (χ3n) is 3.30. The number of Topliss-reactive ketones (excluding diaryl/α,β-unsaturated/α-hetero) is 1. The molecule has 1 heterocycles. The highest BCUT2D eigenvalue weighted by Gasteiger charge is 2.24. The molecule has 86 valence electrons. The molecule has 1 aliphatic rings. The Morgan fingerprint density at radius 2 is 2.25 bits per heavy atom. The summed E-state index contributed by atoms with van der Waals surface area (Å²) in [6.45, 7) is 7.13. The molecule has 16 heavy (non-hydrogen) atoms. The molecule has 2 heteroatoms. The predicted octanol–water partition coefficient (Wildman–Crippen LogP) is 2.59. The molecule has 0 saturated heterocycles. The first-order valence-electron chi connectivity index (χ1n) is 5.99. The summed E-state index contributed by atoms with van der Waals surface area (Å²) in [4.78, 5) is 13.5. The van der Waals surface area contributed by atoms with Crippen molar-refractivity contribution in [3.05, 3.63) is 29.3 Å². The van der Waals surface area contributed by atoms with E-state index >= 15 is 0 Å². The average molecular weight is 217 g/mol. The van der Waals surface area contributed by atoms with Crippen molar-refractivity contribution in [2.75, 3.05) is 11.4 Å². The molecule has 1 aromatic carbocycles. The molecule has 1 aromatic rings. The van der Waals surface area contributed by atoms with E-state index in [1.165, 1.54) is 11.3 Å². The Morgan fingerprint density at radius 1 is 1.50 bits per heavy atom. The van der Waals surface area contributed by atoms with Gasteiger partial charge in [-0.1, -0.05) is 12.1 Å².